The van der Waals surface area contributed by atoms with E-state index < -0.39 is 0 Å². The number of nitrogens with two attached hydrogens (primary N) is 1. The maximum Gasteiger partial charge on any atom is 0.224 e. The van der Waals surface area contributed by atoms with Gasteiger partial charge in [-0.05, 0) is 36.8 Å². The highest BCUT2D eigenvalue weighted by molar-refractivity contribution is 6.28. The molecule has 0 spiro atoms. The standard InChI is InChI=1S/C12H19ClN4O/c1-8-9(14)10(17-11(13)16-8)15-7-12(2)3-5-18-6-4-12/h3-7,14H2,1-2H3,(H,15,16,17). The molecule has 0 atom stereocenters. The molecule has 3 N–H and O–H groups in total. The van der Waals surface area contributed by atoms with Crippen molar-refractivity contribution in [3.63, 3.8) is 0 Å². The fourth-order valence-corrected chi connectivity index (χ4v) is 2.23. The molecule has 0 aromatic carbocycles. The minimum absolute atomic E-state index is 0.218. The van der Waals surface area contributed by atoms with Crippen molar-refractivity contribution in [1.29, 1.82) is 0 Å². The SMILES string of the molecule is Cc1nc(Cl)nc(NCC2(C)CCOCC2)c1N. The third-order valence-electron chi connectivity index (χ3n) is 3.49. The number of hydrogen-bond acceptors (Lipinski definition) is 5. The van der Waals surface area contributed by atoms with E-state index >= 15 is 0 Å². The van der Waals surface area contributed by atoms with Crippen molar-refractivity contribution < 1.29 is 4.74 Å². The van der Waals surface area contributed by atoms with Gasteiger partial charge in [0, 0.05) is 19.8 Å². The number of aromatic nitrogens is 2. The number of rotatable bonds is 3. The Bertz CT molecular complexity index is 432. The van der Waals surface area contributed by atoms with Gasteiger partial charge >= 0.3 is 0 Å². The van der Waals surface area contributed by atoms with Crippen LogP contribution in [-0.4, -0.2) is 29.7 Å². The van der Waals surface area contributed by atoms with E-state index in [4.69, 9.17) is 22.1 Å². The number of nitrogen functional groups attached to an aromatic ring is 1. The lowest BCUT2D eigenvalue weighted by molar-refractivity contribution is 0.0300. The van der Waals surface area contributed by atoms with Crippen LogP contribution in [0.5, 0.6) is 0 Å². The van der Waals surface area contributed by atoms with Gasteiger partial charge in [-0.2, -0.15) is 4.98 Å². The summed E-state index contributed by atoms with van der Waals surface area (Å²) in [6.45, 7) is 6.51. The lowest BCUT2D eigenvalue weighted by atomic mass is 9.82. The molecule has 18 heavy (non-hydrogen) atoms. The van der Waals surface area contributed by atoms with Crippen molar-refractivity contribution in [3.05, 3.63) is 11.0 Å². The fraction of sp³-hybridized carbons (Fsp3) is 0.667. The van der Waals surface area contributed by atoms with Crippen molar-refractivity contribution in [2.75, 3.05) is 30.8 Å². The first-order chi connectivity index (χ1) is 8.50. The van der Waals surface area contributed by atoms with Crippen LogP contribution in [0, 0.1) is 12.3 Å². The molecule has 1 aromatic rings. The van der Waals surface area contributed by atoms with E-state index in [0.717, 1.165) is 32.6 Å². The zero-order chi connectivity index (χ0) is 13.2. The maximum atomic E-state index is 5.94. The summed E-state index contributed by atoms with van der Waals surface area (Å²) >= 11 is 5.84. The van der Waals surface area contributed by atoms with Crippen molar-refractivity contribution >= 4 is 23.1 Å². The predicted molar refractivity (Wildman–Crippen MR) is 72.8 cm³/mol. The van der Waals surface area contributed by atoms with Gasteiger partial charge in [-0.25, -0.2) is 4.98 Å². The Balaban J connectivity index is 2.05. The zero-order valence-corrected chi connectivity index (χ0v) is 11.5. The van der Waals surface area contributed by atoms with E-state index in [9.17, 15) is 0 Å². The Kier molecular flexibility index (Phi) is 3.92. The number of nitrogens with one attached hydrogen (secondary N) is 1. The summed E-state index contributed by atoms with van der Waals surface area (Å²) in [5, 5.41) is 3.51. The Morgan fingerprint density at radius 3 is 2.72 bits per heavy atom. The third-order valence-corrected chi connectivity index (χ3v) is 3.66. The minimum atomic E-state index is 0.218. The second-order valence-corrected chi connectivity index (χ2v) is 5.45. The molecule has 6 heteroatoms. The molecule has 100 valence electrons. The van der Waals surface area contributed by atoms with Crippen LogP contribution in [-0.2, 0) is 4.74 Å². The average molecular weight is 271 g/mol. The van der Waals surface area contributed by atoms with Crippen LogP contribution in [0.2, 0.25) is 5.28 Å². The number of aryl methyl sites for hydroxylation is 1. The summed E-state index contributed by atoms with van der Waals surface area (Å²) < 4.78 is 5.38. The van der Waals surface area contributed by atoms with Gasteiger partial charge in [-0.1, -0.05) is 6.92 Å². The smallest absolute Gasteiger partial charge is 0.224 e. The summed E-state index contributed by atoms with van der Waals surface area (Å²) in [6.07, 6.45) is 2.08. The van der Waals surface area contributed by atoms with E-state index in [-0.39, 0.29) is 10.7 Å². The summed E-state index contributed by atoms with van der Waals surface area (Å²) in [5.74, 6) is 0.625. The average Bonchev–Trinajstić information content (AvgIpc) is 2.33. The van der Waals surface area contributed by atoms with Crippen molar-refractivity contribution in [3.8, 4) is 0 Å². The molecule has 1 aliphatic rings. The number of ether oxygens (including phenoxy) is 1. The van der Waals surface area contributed by atoms with Gasteiger partial charge in [-0.3, -0.25) is 0 Å². The maximum absolute atomic E-state index is 5.94. The molecule has 0 aliphatic carbocycles. The zero-order valence-electron chi connectivity index (χ0n) is 10.8. The molecule has 1 aromatic heterocycles. The monoisotopic (exact) mass is 270 g/mol. The van der Waals surface area contributed by atoms with Crippen LogP contribution >= 0.6 is 11.6 Å². The van der Waals surface area contributed by atoms with E-state index in [1.807, 2.05) is 6.92 Å². The highest BCUT2D eigenvalue weighted by Gasteiger charge is 2.27. The van der Waals surface area contributed by atoms with E-state index in [0.29, 0.717) is 17.2 Å². The van der Waals surface area contributed by atoms with Gasteiger partial charge in [0.15, 0.2) is 5.82 Å². The Morgan fingerprint density at radius 2 is 2.06 bits per heavy atom. The highest BCUT2D eigenvalue weighted by Crippen LogP contribution is 2.31. The molecule has 5 nitrogen and oxygen atoms in total. The van der Waals surface area contributed by atoms with E-state index in [1.165, 1.54) is 0 Å². The summed E-state index contributed by atoms with van der Waals surface area (Å²) in [6, 6.07) is 0. The first-order valence-corrected chi connectivity index (χ1v) is 6.49. The quantitative estimate of drug-likeness (QED) is 0.824. The number of anilines is 2. The van der Waals surface area contributed by atoms with Crippen molar-refractivity contribution in [1.82, 2.24) is 9.97 Å². The minimum Gasteiger partial charge on any atom is -0.394 e. The van der Waals surface area contributed by atoms with Crippen LogP contribution in [0.15, 0.2) is 0 Å². The molecule has 0 bridgehead atoms. The summed E-state index contributed by atoms with van der Waals surface area (Å²) in [4.78, 5) is 8.15. The molecule has 1 fully saturated rings. The van der Waals surface area contributed by atoms with Gasteiger partial charge in [0.1, 0.15) is 0 Å². The van der Waals surface area contributed by atoms with E-state index in [2.05, 4.69) is 22.2 Å². The molecule has 0 saturated carbocycles. The summed E-state index contributed by atoms with van der Waals surface area (Å²) in [7, 11) is 0. The molecule has 0 amide bonds. The number of halogens is 1. The highest BCUT2D eigenvalue weighted by atomic mass is 35.5. The van der Waals surface area contributed by atoms with Crippen LogP contribution in [0.4, 0.5) is 11.5 Å². The van der Waals surface area contributed by atoms with Gasteiger partial charge in [-0.15, -0.1) is 0 Å². The van der Waals surface area contributed by atoms with Crippen LogP contribution in [0.25, 0.3) is 0 Å². The Hall–Kier alpha value is -1.07. The lowest BCUT2D eigenvalue weighted by Crippen LogP contribution is -2.33. The second kappa shape index (κ2) is 5.28. The first kappa shape index (κ1) is 13.4. The molecule has 1 saturated heterocycles. The fourth-order valence-electron chi connectivity index (χ4n) is 2.02. The van der Waals surface area contributed by atoms with E-state index in [1.54, 1.807) is 0 Å². The van der Waals surface area contributed by atoms with Crippen molar-refractivity contribution in [2.24, 2.45) is 5.41 Å². The molecule has 0 unspecified atom stereocenters. The van der Waals surface area contributed by atoms with Gasteiger partial charge in [0.25, 0.3) is 0 Å². The largest absolute Gasteiger partial charge is 0.394 e. The molecule has 2 heterocycles. The topological polar surface area (TPSA) is 73.1 Å². The molecule has 0 radical (unpaired) electrons. The van der Waals surface area contributed by atoms with Gasteiger partial charge in [0.2, 0.25) is 5.28 Å². The number of nitrogens with zero attached hydrogens (tertiary/aromatic N) is 2. The first-order valence-electron chi connectivity index (χ1n) is 6.11. The van der Waals surface area contributed by atoms with Crippen LogP contribution < -0.4 is 11.1 Å². The van der Waals surface area contributed by atoms with Gasteiger partial charge in [0.05, 0.1) is 11.4 Å². The van der Waals surface area contributed by atoms with Crippen LogP contribution in [0.1, 0.15) is 25.5 Å². The van der Waals surface area contributed by atoms with Crippen molar-refractivity contribution in [2.45, 2.75) is 26.7 Å². The third kappa shape index (κ3) is 3.03. The predicted octanol–water partition coefficient (Wildman–Crippen LogP) is 2.25. The second-order valence-electron chi connectivity index (χ2n) is 5.12. The lowest BCUT2D eigenvalue weighted by Gasteiger charge is -2.33. The van der Waals surface area contributed by atoms with Gasteiger partial charge < -0.3 is 15.8 Å². The van der Waals surface area contributed by atoms with Crippen LogP contribution in [0.3, 0.4) is 0 Å². The number of hydrogen-bond donors (Lipinski definition) is 2. The Morgan fingerprint density at radius 1 is 1.39 bits per heavy atom. The molecule has 1 aliphatic heterocycles. The molecular formula is C12H19ClN4O. The molecule has 2 rings (SSSR count). The Labute approximate surface area is 112 Å². The normalized spacial score (nSPS) is 18.6. The summed E-state index contributed by atoms with van der Waals surface area (Å²) in [5.41, 5.74) is 7.43. The molecular weight excluding hydrogens is 252 g/mol.